The van der Waals surface area contributed by atoms with E-state index in [4.69, 9.17) is 5.84 Å². The van der Waals surface area contributed by atoms with Gasteiger partial charge in [0.15, 0.2) is 0 Å². The molecule has 2 rings (SSSR count). The van der Waals surface area contributed by atoms with Gasteiger partial charge < -0.3 is 4.90 Å². The zero-order chi connectivity index (χ0) is 13.8. The van der Waals surface area contributed by atoms with E-state index in [0.29, 0.717) is 5.82 Å². The predicted octanol–water partition coefficient (Wildman–Crippen LogP) is -0.122. The van der Waals surface area contributed by atoms with Gasteiger partial charge in [-0.25, -0.2) is 10.4 Å². The minimum absolute atomic E-state index is 0.290. The summed E-state index contributed by atoms with van der Waals surface area (Å²) in [7, 11) is 4.04. The molecule has 1 atom stereocenters. The van der Waals surface area contributed by atoms with E-state index in [1.165, 1.54) is 6.33 Å². The number of aromatic amines is 1. The van der Waals surface area contributed by atoms with Crippen LogP contribution in [0.3, 0.4) is 0 Å². The van der Waals surface area contributed by atoms with E-state index in [-0.39, 0.29) is 6.04 Å². The monoisotopic (exact) mass is 328 g/mol. The molecule has 0 radical (unpaired) electrons. The maximum Gasteiger partial charge on any atom is 0.148 e. The molecule has 0 saturated carbocycles. The Kier molecular flexibility index (Phi) is 4.64. The first-order chi connectivity index (χ1) is 9.13. The second kappa shape index (κ2) is 6.24. The van der Waals surface area contributed by atoms with Gasteiger partial charge in [0.25, 0.3) is 0 Å². The molecule has 8 nitrogen and oxygen atoms in total. The van der Waals surface area contributed by atoms with Crippen molar-refractivity contribution in [3.8, 4) is 0 Å². The second-order valence-electron chi connectivity index (χ2n) is 4.37. The van der Waals surface area contributed by atoms with Gasteiger partial charge >= 0.3 is 0 Å². The van der Waals surface area contributed by atoms with Crippen molar-refractivity contribution in [3.63, 3.8) is 0 Å². The lowest BCUT2D eigenvalue weighted by molar-refractivity contribution is 0.364. The summed E-state index contributed by atoms with van der Waals surface area (Å²) in [5.74, 6) is 6.29. The molecule has 0 saturated heterocycles. The van der Waals surface area contributed by atoms with Crippen molar-refractivity contribution in [1.29, 1.82) is 0 Å². The number of hydrazine groups is 1. The highest BCUT2D eigenvalue weighted by atomic mass is 79.9. The summed E-state index contributed by atoms with van der Waals surface area (Å²) in [4.78, 5) is 6.24. The fraction of sp³-hybridized carbons (Fsp3) is 0.500. The van der Waals surface area contributed by atoms with Gasteiger partial charge in [-0.15, -0.1) is 0 Å². The SMILES string of the molecule is CN(C)CCn1ncc(Br)c1C(NN)c1ncn[nH]1. The Labute approximate surface area is 119 Å². The molecular formula is C10H17BrN8. The Morgan fingerprint density at radius 3 is 2.95 bits per heavy atom. The highest BCUT2D eigenvalue weighted by molar-refractivity contribution is 9.10. The number of hydrogen-bond acceptors (Lipinski definition) is 6. The molecule has 0 aliphatic heterocycles. The van der Waals surface area contributed by atoms with Crippen LogP contribution >= 0.6 is 15.9 Å². The number of nitrogens with zero attached hydrogens (tertiary/aromatic N) is 5. The molecule has 0 fully saturated rings. The summed E-state index contributed by atoms with van der Waals surface area (Å²) >= 11 is 3.50. The largest absolute Gasteiger partial charge is 0.308 e. The van der Waals surface area contributed by atoms with Crippen molar-refractivity contribution >= 4 is 15.9 Å². The Hall–Kier alpha value is -1.29. The van der Waals surface area contributed by atoms with Crippen LogP contribution in [0.25, 0.3) is 0 Å². The summed E-state index contributed by atoms with van der Waals surface area (Å²) in [6, 6.07) is -0.290. The Bertz CT molecular complexity index is 506. The van der Waals surface area contributed by atoms with Crippen LogP contribution in [-0.4, -0.2) is 50.5 Å². The minimum Gasteiger partial charge on any atom is -0.308 e. The van der Waals surface area contributed by atoms with E-state index >= 15 is 0 Å². The van der Waals surface area contributed by atoms with Gasteiger partial charge in [-0.3, -0.25) is 15.6 Å². The van der Waals surface area contributed by atoms with Crippen molar-refractivity contribution in [2.24, 2.45) is 5.84 Å². The molecular weight excluding hydrogens is 312 g/mol. The molecule has 0 amide bonds. The number of nitrogens with one attached hydrogen (secondary N) is 2. The number of likely N-dealkylation sites (N-methyl/N-ethyl adjacent to an activating group) is 1. The summed E-state index contributed by atoms with van der Waals surface area (Å²) < 4.78 is 2.78. The third-order valence-corrected chi connectivity index (χ3v) is 3.35. The molecule has 0 aromatic carbocycles. The van der Waals surface area contributed by atoms with Crippen molar-refractivity contribution in [2.75, 3.05) is 20.6 Å². The van der Waals surface area contributed by atoms with Gasteiger partial charge in [-0.2, -0.15) is 10.2 Å². The average Bonchev–Trinajstić information content (AvgIpc) is 3.00. The Balaban J connectivity index is 2.29. The molecule has 19 heavy (non-hydrogen) atoms. The zero-order valence-electron chi connectivity index (χ0n) is 10.8. The third-order valence-electron chi connectivity index (χ3n) is 2.74. The van der Waals surface area contributed by atoms with Gasteiger partial charge in [0.1, 0.15) is 18.2 Å². The molecule has 0 spiro atoms. The van der Waals surface area contributed by atoms with Gasteiger partial charge in [-0.1, -0.05) is 0 Å². The molecule has 0 aliphatic carbocycles. The molecule has 2 aromatic heterocycles. The minimum atomic E-state index is -0.290. The lowest BCUT2D eigenvalue weighted by Crippen LogP contribution is -2.32. The maximum atomic E-state index is 5.64. The topological polar surface area (TPSA) is 101 Å². The Morgan fingerprint density at radius 2 is 2.37 bits per heavy atom. The average molecular weight is 329 g/mol. The molecule has 1 unspecified atom stereocenters. The smallest absolute Gasteiger partial charge is 0.148 e. The quantitative estimate of drug-likeness (QED) is 0.505. The van der Waals surface area contributed by atoms with Crippen molar-refractivity contribution in [3.05, 3.63) is 28.5 Å². The van der Waals surface area contributed by atoms with Crippen LogP contribution in [0.4, 0.5) is 0 Å². The number of rotatable bonds is 6. The number of aromatic nitrogens is 5. The van der Waals surface area contributed by atoms with Gasteiger partial charge in [0, 0.05) is 6.54 Å². The predicted molar refractivity (Wildman–Crippen MR) is 74.0 cm³/mol. The highest BCUT2D eigenvalue weighted by Gasteiger charge is 2.23. The molecule has 0 aliphatic rings. The Morgan fingerprint density at radius 1 is 1.58 bits per heavy atom. The molecule has 2 aromatic rings. The van der Waals surface area contributed by atoms with E-state index in [0.717, 1.165) is 23.3 Å². The van der Waals surface area contributed by atoms with Crippen molar-refractivity contribution < 1.29 is 0 Å². The van der Waals surface area contributed by atoms with E-state index in [2.05, 4.69) is 46.5 Å². The molecule has 4 N–H and O–H groups in total. The van der Waals surface area contributed by atoms with Crippen LogP contribution in [0, 0.1) is 0 Å². The van der Waals surface area contributed by atoms with Gasteiger partial charge in [-0.05, 0) is 30.0 Å². The fourth-order valence-corrected chi connectivity index (χ4v) is 2.30. The standard InChI is InChI=1S/C10H17BrN8/c1-18(2)3-4-19-9(7(11)5-15-19)8(16-12)10-13-6-14-17-10/h5-6,8,16H,3-4,12H2,1-2H3,(H,13,14,17). The second-order valence-corrected chi connectivity index (χ2v) is 5.23. The summed E-state index contributed by atoms with van der Waals surface area (Å²) in [5, 5.41) is 11.0. The summed E-state index contributed by atoms with van der Waals surface area (Å²) in [6.45, 7) is 1.65. The van der Waals surface area contributed by atoms with E-state index in [9.17, 15) is 0 Å². The fourth-order valence-electron chi connectivity index (χ4n) is 1.77. The molecule has 0 bridgehead atoms. The number of H-pyrrole nitrogens is 1. The first-order valence-electron chi connectivity index (χ1n) is 5.80. The first-order valence-corrected chi connectivity index (χ1v) is 6.60. The molecule has 2 heterocycles. The van der Waals surface area contributed by atoms with Crippen LogP contribution in [0.5, 0.6) is 0 Å². The van der Waals surface area contributed by atoms with E-state index in [1.54, 1.807) is 6.20 Å². The number of hydrogen-bond donors (Lipinski definition) is 3. The third kappa shape index (κ3) is 3.18. The summed E-state index contributed by atoms with van der Waals surface area (Å²) in [5.41, 5.74) is 3.66. The van der Waals surface area contributed by atoms with Crippen LogP contribution in [0.2, 0.25) is 0 Å². The normalized spacial score (nSPS) is 13.1. The van der Waals surface area contributed by atoms with Gasteiger partial charge in [0.2, 0.25) is 0 Å². The number of nitrogens with two attached hydrogens (primary N) is 1. The van der Waals surface area contributed by atoms with Crippen molar-refractivity contribution in [1.82, 2.24) is 35.3 Å². The maximum absolute atomic E-state index is 5.64. The van der Waals surface area contributed by atoms with E-state index < -0.39 is 0 Å². The lowest BCUT2D eigenvalue weighted by Gasteiger charge is -2.17. The van der Waals surface area contributed by atoms with Gasteiger partial charge in [0.05, 0.1) is 22.9 Å². The van der Waals surface area contributed by atoms with Crippen LogP contribution in [-0.2, 0) is 6.54 Å². The van der Waals surface area contributed by atoms with E-state index in [1.807, 2.05) is 18.8 Å². The molecule has 9 heteroatoms. The highest BCUT2D eigenvalue weighted by Crippen LogP contribution is 2.25. The van der Waals surface area contributed by atoms with Crippen LogP contribution in [0.15, 0.2) is 17.0 Å². The first kappa shape index (κ1) is 14.1. The lowest BCUT2D eigenvalue weighted by atomic mass is 10.2. The van der Waals surface area contributed by atoms with Crippen molar-refractivity contribution in [2.45, 2.75) is 12.6 Å². The molecule has 104 valence electrons. The van der Waals surface area contributed by atoms with Crippen LogP contribution < -0.4 is 11.3 Å². The number of halogens is 1. The zero-order valence-corrected chi connectivity index (χ0v) is 12.4. The van der Waals surface area contributed by atoms with Crippen LogP contribution in [0.1, 0.15) is 17.6 Å². The summed E-state index contributed by atoms with van der Waals surface area (Å²) in [6.07, 6.45) is 3.21.